The van der Waals surface area contributed by atoms with Crippen LogP contribution in [0.1, 0.15) is 19.3 Å². The molecule has 0 spiro atoms. The fraction of sp³-hybridized carbons (Fsp3) is 0.464. The summed E-state index contributed by atoms with van der Waals surface area (Å²) in [6, 6.07) is 13.2. The number of piperidine rings is 1. The molecule has 3 aliphatic rings. The lowest BCUT2D eigenvalue weighted by molar-refractivity contribution is 0.0680. The highest BCUT2D eigenvalue weighted by molar-refractivity contribution is 5.83. The molecule has 0 amide bonds. The molecule has 3 aromatic rings. The second kappa shape index (κ2) is 9.55. The molecule has 0 radical (unpaired) electrons. The molecule has 3 atom stereocenters. The van der Waals surface area contributed by atoms with Crippen molar-refractivity contribution in [3.8, 4) is 22.9 Å². The maximum absolute atomic E-state index is 13.3. The highest BCUT2D eigenvalue weighted by atomic mass is 16.5. The Kier molecular flexibility index (Phi) is 6.12. The predicted octanol–water partition coefficient (Wildman–Crippen LogP) is 3.89. The van der Waals surface area contributed by atoms with Gasteiger partial charge in [-0.25, -0.2) is 0 Å². The molecule has 1 saturated carbocycles. The third-order valence-electron chi connectivity index (χ3n) is 7.48. The van der Waals surface area contributed by atoms with Gasteiger partial charge in [0.15, 0.2) is 11.5 Å². The Bertz CT molecular complexity index is 1260. The van der Waals surface area contributed by atoms with E-state index in [4.69, 9.17) is 18.9 Å². The number of hydrogen-bond acceptors (Lipinski definition) is 6. The van der Waals surface area contributed by atoms with Crippen molar-refractivity contribution in [2.75, 3.05) is 46.6 Å². The van der Waals surface area contributed by atoms with Crippen LogP contribution in [0, 0.1) is 11.8 Å². The van der Waals surface area contributed by atoms with E-state index in [0.717, 1.165) is 54.7 Å². The summed E-state index contributed by atoms with van der Waals surface area (Å²) in [5.41, 5.74) is 0.649. The fourth-order valence-corrected chi connectivity index (χ4v) is 5.37. The zero-order valence-corrected chi connectivity index (χ0v) is 20.2. The molecular weight excluding hydrogens is 444 g/mol. The number of methoxy groups -OCH3 is 1. The quantitative estimate of drug-likeness (QED) is 0.467. The van der Waals surface area contributed by atoms with Crippen molar-refractivity contribution in [3.05, 3.63) is 59.0 Å². The topological polar surface area (TPSA) is 62.2 Å². The number of rotatable bonds is 9. The lowest BCUT2D eigenvalue weighted by Gasteiger charge is -2.18. The first kappa shape index (κ1) is 22.4. The van der Waals surface area contributed by atoms with Crippen LogP contribution in [-0.4, -0.2) is 62.1 Å². The van der Waals surface area contributed by atoms with Gasteiger partial charge in [-0.1, -0.05) is 0 Å². The van der Waals surface area contributed by atoms with E-state index in [1.54, 1.807) is 17.9 Å². The van der Waals surface area contributed by atoms with E-state index < -0.39 is 0 Å². The van der Waals surface area contributed by atoms with Crippen molar-refractivity contribution >= 4 is 10.8 Å². The molecule has 0 bridgehead atoms. The molecule has 1 aromatic heterocycles. The molecule has 2 saturated heterocycles. The molecule has 2 unspecified atom stereocenters. The molecule has 2 aliphatic heterocycles. The minimum atomic E-state index is -0.0866. The summed E-state index contributed by atoms with van der Waals surface area (Å²) in [6.07, 6.45) is 5.48. The van der Waals surface area contributed by atoms with Crippen LogP contribution in [0.2, 0.25) is 0 Å². The number of benzene rings is 2. The molecule has 184 valence electrons. The molecule has 1 aliphatic carbocycles. The summed E-state index contributed by atoms with van der Waals surface area (Å²) in [7, 11) is 1.63. The average molecular weight is 477 g/mol. The molecule has 2 aromatic carbocycles. The molecule has 3 heterocycles. The SMILES string of the molecule is COc1cc(-n2ccc3cc(OC[C@@H]4CCCO4)ccc3c2=O)ccc1OCCN1CC2CC2C1. The summed E-state index contributed by atoms with van der Waals surface area (Å²) < 4.78 is 24.8. The lowest BCUT2D eigenvalue weighted by Crippen LogP contribution is -2.27. The molecule has 6 rings (SSSR count). The summed E-state index contributed by atoms with van der Waals surface area (Å²) in [6.45, 7) is 5.32. The zero-order valence-electron chi connectivity index (χ0n) is 20.2. The molecule has 7 nitrogen and oxygen atoms in total. The second-order valence-electron chi connectivity index (χ2n) is 9.89. The zero-order chi connectivity index (χ0) is 23.8. The van der Waals surface area contributed by atoms with Crippen molar-refractivity contribution in [1.29, 1.82) is 0 Å². The van der Waals surface area contributed by atoms with Gasteiger partial charge in [0.2, 0.25) is 0 Å². The highest BCUT2D eigenvalue weighted by Gasteiger charge is 2.44. The largest absolute Gasteiger partial charge is 0.493 e. The van der Waals surface area contributed by atoms with Gasteiger partial charge in [-0.05, 0) is 72.9 Å². The van der Waals surface area contributed by atoms with Gasteiger partial charge in [0.1, 0.15) is 19.0 Å². The van der Waals surface area contributed by atoms with Gasteiger partial charge in [0.25, 0.3) is 5.56 Å². The van der Waals surface area contributed by atoms with Crippen LogP contribution in [0.15, 0.2) is 53.5 Å². The number of nitrogens with zero attached hydrogens (tertiary/aromatic N) is 2. The van der Waals surface area contributed by atoms with E-state index in [9.17, 15) is 4.79 Å². The highest BCUT2D eigenvalue weighted by Crippen LogP contribution is 2.44. The van der Waals surface area contributed by atoms with Crippen LogP contribution < -0.4 is 19.8 Å². The van der Waals surface area contributed by atoms with Gasteiger partial charge in [0.05, 0.1) is 18.9 Å². The minimum absolute atomic E-state index is 0.0866. The normalized spacial score (nSPS) is 23.4. The maximum Gasteiger partial charge on any atom is 0.262 e. The number of likely N-dealkylation sites (tertiary alicyclic amines) is 1. The van der Waals surface area contributed by atoms with E-state index in [-0.39, 0.29) is 11.7 Å². The monoisotopic (exact) mass is 476 g/mol. The number of ether oxygens (including phenoxy) is 4. The van der Waals surface area contributed by atoms with Crippen LogP contribution in [-0.2, 0) is 4.74 Å². The average Bonchev–Trinajstić information content (AvgIpc) is 3.23. The summed E-state index contributed by atoms with van der Waals surface area (Å²) in [4.78, 5) is 15.7. The molecular formula is C28H32N2O5. The fourth-order valence-electron chi connectivity index (χ4n) is 5.37. The Hall–Kier alpha value is -3.03. The smallest absolute Gasteiger partial charge is 0.262 e. The van der Waals surface area contributed by atoms with Crippen molar-refractivity contribution in [1.82, 2.24) is 9.47 Å². The van der Waals surface area contributed by atoms with E-state index in [1.807, 2.05) is 42.5 Å². The van der Waals surface area contributed by atoms with Crippen LogP contribution in [0.4, 0.5) is 0 Å². The number of fused-ring (bicyclic) bond motifs is 2. The molecule has 3 fully saturated rings. The molecule has 35 heavy (non-hydrogen) atoms. The summed E-state index contributed by atoms with van der Waals surface area (Å²) >= 11 is 0. The summed E-state index contributed by atoms with van der Waals surface area (Å²) in [5.74, 6) is 3.92. The van der Waals surface area contributed by atoms with Gasteiger partial charge < -0.3 is 18.9 Å². The maximum atomic E-state index is 13.3. The van der Waals surface area contributed by atoms with Crippen LogP contribution >= 0.6 is 0 Å². The van der Waals surface area contributed by atoms with E-state index in [2.05, 4.69) is 4.90 Å². The van der Waals surface area contributed by atoms with Gasteiger partial charge in [-0.15, -0.1) is 0 Å². The van der Waals surface area contributed by atoms with Crippen molar-refractivity contribution in [2.45, 2.75) is 25.4 Å². The number of pyridine rings is 1. The third-order valence-corrected chi connectivity index (χ3v) is 7.48. The van der Waals surface area contributed by atoms with Crippen LogP contribution in [0.5, 0.6) is 17.2 Å². The lowest BCUT2D eigenvalue weighted by atomic mass is 10.1. The van der Waals surface area contributed by atoms with Gasteiger partial charge in [0, 0.05) is 43.9 Å². The summed E-state index contributed by atoms with van der Waals surface area (Å²) in [5, 5.41) is 1.49. The second-order valence-corrected chi connectivity index (χ2v) is 9.89. The minimum Gasteiger partial charge on any atom is -0.493 e. The van der Waals surface area contributed by atoms with Crippen molar-refractivity contribution in [3.63, 3.8) is 0 Å². The number of hydrogen-bond donors (Lipinski definition) is 0. The third kappa shape index (κ3) is 4.75. The Morgan fingerprint density at radius 2 is 1.91 bits per heavy atom. The Labute approximate surface area is 205 Å². The Morgan fingerprint density at radius 1 is 1.03 bits per heavy atom. The van der Waals surface area contributed by atoms with E-state index in [1.165, 1.54) is 19.5 Å². The van der Waals surface area contributed by atoms with Gasteiger partial charge >= 0.3 is 0 Å². The Morgan fingerprint density at radius 3 is 2.71 bits per heavy atom. The van der Waals surface area contributed by atoms with E-state index in [0.29, 0.717) is 30.1 Å². The first-order chi connectivity index (χ1) is 17.2. The molecule has 0 N–H and O–H groups in total. The first-order valence-corrected chi connectivity index (χ1v) is 12.6. The van der Waals surface area contributed by atoms with Crippen molar-refractivity contribution in [2.24, 2.45) is 11.8 Å². The first-order valence-electron chi connectivity index (χ1n) is 12.6. The van der Waals surface area contributed by atoms with Crippen molar-refractivity contribution < 1.29 is 18.9 Å². The Balaban J connectivity index is 1.16. The predicted molar refractivity (Wildman–Crippen MR) is 134 cm³/mol. The van der Waals surface area contributed by atoms with Crippen LogP contribution in [0.3, 0.4) is 0 Å². The van der Waals surface area contributed by atoms with Gasteiger partial charge in [-0.2, -0.15) is 0 Å². The van der Waals surface area contributed by atoms with Crippen LogP contribution in [0.25, 0.3) is 16.5 Å². The standard InChI is InChI=1S/C28H32N2O5/c1-32-27-15-22(4-7-26(27)34-12-10-29-16-20-13-21(20)17-29)30-9-8-19-14-23(5-6-25(19)28(30)31)35-18-24-3-2-11-33-24/h4-9,14-15,20-21,24H,2-3,10-13,16-18H2,1H3/t20?,21?,24-/m0/s1. The number of aromatic nitrogens is 1. The van der Waals surface area contributed by atoms with E-state index >= 15 is 0 Å². The van der Waals surface area contributed by atoms with Gasteiger partial charge in [-0.3, -0.25) is 14.3 Å². The molecule has 7 heteroatoms.